The Morgan fingerprint density at radius 1 is 1.35 bits per heavy atom. The summed E-state index contributed by atoms with van der Waals surface area (Å²) in [6, 6.07) is 7.12. The highest BCUT2D eigenvalue weighted by molar-refractivity contribution is 6.30. The standard InChI is InChI=1S/C13H19ClN2O/c1-13(2,3)9-15-8-12(17)16-11-6-4-5-10(14)7-11/h4-7,15H,8-9H2,1-3H3,(H,16,17). The lowest BCUT2D eigenvalue weighted by Gasteiger charge is -2.18. The number of halogens is 1. The normalized spacial score (nSPS) is 11.3. The topological polar surface area (TPSA) is 41.1 Å². The molecule has 0 saturated carbocycles. The summed E-state index contributed by atoms with van der Waals surface area (Å²) < 4.78 is 0. The Morgan fingerprint density at radius 2 is 2.06 bits per heavy atom. The molecule has 0 spiro atoms. The summed E-state index contributed by atoms with van der Waals surface area (Å²) in [5, 5.41) is 6.51. The van der Waals surface area contributed by atoms with Gasteiger partial charge >= 0.3 is 0 Å². The fourth-order valence-corrected chi connectivity index (χ4v) is 1.51. The fraction of sp³-hybridized carbons (Fsp3) is 0.462. The molecule has 1 amide bonds. The highest BCUT2D eigenvalue weighted by Crippen LogP contribution is 2.14. The van der Waals surface area contributed by atoms with Gasteiger partial charge in [0.2, 0.25) is 5.91 Å². The molecule has 94 valence electrons. The molecule has 3 nitrogen and oxygen atoms in total. The lowest BCUT2D eigenvalue weighted by molar-refractivity contribution is -0.115. The van der Waals surface area contributed by atoms with Gasteiger partial charge in [0.25, 0.3) is 0 Å². The maximum absolute atomic E-state index is 11.6. The summed E-state index contributed by atoms with van der Waals surface area (Å²) in [4.78, 5) is 11.6. The van der Waals surface area contributed by atoms with Gasteiger partial charge in [-0.05, 0) is 23.6 Å². The van der Waals surface area contributed by atoms with Crippen LogP contribution in [0, 0.1) is 5.41 Å². The Bertz CT molecular complexity index is 385. The molecule has 0 fully saturated rings. The largest absolute Gasteiger partial charge is 0.325 e. The molecule has 2 N–H and O–H groups in total. The Labute approximate surface area is 108 Å². The molecule has 17 heavy (non-hydrogen) atoms. The minimum absolute atomic E-state index is 0.0588. The minimum atomic E-state index is -0.0588. The van der Waals surface area contributed by atoms with Crippen molar-refractivity contribution in [3.63, 3.8) is 0 Å². The van der Waals surface area contributed by atoms with E-state index in [4.69, 9.17) is 11.6 Å². The number of amides is 1. The molecule has 1 aromatic carbocycles. The summed E-state index contributed by atoms with van der Waals surface area (Å²) in [6.07, 6.45) is 0. The fourth-order valence-electron chi connectivity index (χ4n) is 1.32. The van der Waals surface area contributed by atoms with E-state index in [0.717, 1.165) is 12.2 Å². The quantitative estimate of drug-likeness (QED) is 0.868. The van der Waals surface area contributed by atoms with Crippen molar-refractivity contribution in [1.82, 2.24) is 5.32 Å². The Kier molecular flexibility index (Phi) is 4.97. The zero-order chi connectivity index (χ0) is 12.9. The third kappa shape index (κ3) is 6.29. The van der Waals surface area contributed by atoms with Crippen LogP contribution in [0.5, 0.6) is 0 Å². The second kappa shape index (κ2) is 6.03. The van der Waals surface area contributed by atoms with Gasteiger partial charge in [0.15, 0.2) is 0 Å². The van der Waals surface area contributed by atoms with Crippen LogP contribution in [-0.2, 0) is 4.79 Å². The van der Waals surface area contributed by atoms with E-state index in [2.05, 4.69) is 31.4 Å². The van der Waals surface area contributed by atoms with Gasteiger partial charge in [-0.2, -0.15) is 0 Å². The zero-order valence-electron chi connectivity index (χ0n) is 10.5. The van der Waals surface area contributed by atoms with E-state index in [1.165, 1.54) is 0 Å². The molecule has 0 saturated heterocycles. The van der Waals surface area contributed by atoms with Gasteiger partial charge in [-0.25, -0.2) is 0 Å². The van der Waals surface area contributed by atoms with Gasteiger partial charge in [0.1, 0.15) is 0 Å². The molecule has 0 aliphatic carbocycles. The molecule has 0 aliphatic rings. The van der Waals surface area contributed by atoms with Crippen molar-refractivity contribution in [2.75, 3.05) is 18.4 Å². The van der Waals surface area contributed by atoms with Crippen LogP contribution in [0.1, 0.15) is 20.8 Å². The average Bonchev–Trinajstić information content (AvgIpc) is 2.15. The number of carbonyl (C=O) groups is 1. The van der Waals surface area contributed by atoms with Crippen LogP contribution < -0.4 is 10.6 Å². The highest BCUT2D eigenvalue weighted by Gasteiger charge is 2.10. The number of rotatable bonds is 4. The molecule has 0 radical (unpaired) electrons. The van der Waals surface area contributed by atoms with Gasteiger partial charge < -0.3 is 10.6 Å². The second-order valence-electron chi connectivity index (χ2n) is 5.22. The number of carbonyl (C=O) groups excluding carboxylic acids is 1. The molecular formula is C13H19ClN2O. The molecule has 0 atom stereocenters. The molecule has 1 rings (SSSR count). The van der Waals surface area contributed by atoms with Crippen molar-refractivity contribution in [2.24, 2.45) is 5.41 Å². The number of hydrogen-bond donors (Lipinski definition) is 2. The molecule has 1 aromatic rings. The van der Waals surface area contributed by atoms with E-state index >= 15 is 0 Å². The predicted octanol–water partition coefficient (Wildman–Crippen LogP) is 2.91. The molecule has 0 bridgehead atoms. The van der Waals surface area contributed by atoms with E-state index in [1.54, 1.807) is 18.2 Å². The van der Waals surface area contributed by atoms with Gasteiger partial charge in [-0.3, -0.25) is 4.79 Å². The van der Waals surface area contributed by atoms with Crippen molar-refractivity contribution in [3.8, 4) is 0 Å². The Balaban J connectivity index is 2.35. The minimum Gasteiger partial charge on any atom is -0.325 e. The summed E-state index contributed by atoms with van der Waals surface area (Å²) in [7, 11) is 0. The van der Waals surface area contributed by atoms with Gasteiger partial charge in [-0.15, -0.1) is 0 Å². The van der Waals surface area contributed by atoms with E-state index in [1.807, 2.05) is 6.07 Å². The third-order valence-electron chi connectivity index (χ3n) is 2.05. The van der Waals surface area contributed by atoms with Crippen LogP contribution in [0.2, 0.25) is 5.02 Å². The summed E-state index contributed by atoms with van der Waals surface area (Å²) in [6.45, 7) is 7.47. The first-order chi connectivity index (χ1) is 7.87. The van der Waals surface area contributed by atoms with E-state index < -0.39 is 0 Å². The molecule has 0 unspecified atom stereocenters. The first kappa shape index (κ1) is 14.0. The predicted molar refractivity (Wildman–Crippen MR) is 72.4 cm³/mol. The van der Waals surface area contributed by atoms with Crippen LogP contribution in [0.25, 0.3) is 0 Å². The van der Waals surface area contributed by atoms with Crippen molar-refractivity contribution >= 4 is 23.2 Å². The van der Waals surface area contributed by atoms with Crippen LogP contribution in [-0.4, -0.2) is 19.0 Å². The van der Waals surface area contributed by atoms with Crippen molar-refractivity contribution in [2.45, 2.75) is 20.8 Å². The van der Waals surface area contributed by atoms with E-state index in [0.29, 0.717) is 11.6 Å². The third-order valence-corrected chi connectivity index (χ3v) is 2.28. The van der Waals surface area contributed by atoms with Crippen LogP contribution >= 0.6 is 11.6 Å². The average molecular weight is 255 g/mol. The van der Waals surface area contributed by atoms with Crippen molar-refractivity contribution in [1.29, 1.82) is 0 Å². The molecular weight excluding hydrogens is 236 g/mol. The molecule has 0 aromatic heterocycles. The first-order valence-corrected chi connectivity index (χ1v) is 6.01. The zero-order valence-corrected chi connectivity index (χ0v) is 11.3. The van der Waals surface area contributed by atoms with Gasteiger partial charge in [0.05, 0.1) is 6.54 Å². The van der Waals surface area contributed by atoms with Crippen LogP contribution in [0.15, 0.2) is 24.3 Å². The lowest BCUT2D eigenvalue weighted by Crippen LogP contribution is -2.33. The summed E-state index contributed by atoms with van der Waals surface area (Å²) in [5.74, 6) is -0.0588. The van der Waals surface area contributed by atoms with E-state index in [-0.39, 0.29) is 11.3 Å². The number of anilines is 1. The molecule has 0 aliphatic heterocycles. The maximum atomic E-state index is 11.6. The van der Waals surface area contributed by atoms with Gasteiger partial charge in [0, 0.05) is 17.3 Å². The molecule has 4 heteroatoms. The maximum Gasteiger partial charge on any atom is 0.238 e. The van der Waals surface area contributed by atoms with Crippen LogP contribution in [0.4, 0.5) is 5.69 Å². The first-order valence-electron chi connectivity index (χ1n) is 5.63. The van der Waals surface area contributed by atoms with Crippen molar-refractivity contribution in [3.05, 3.63) is 29.3 Å². The lowest BCUT2D eigenvalue weighted by atomic mass is 9.97. The summed E-state index contributed by atoms with van der Waals surface area (Å²) >= 11 is 5.83. The molecule has 0 heterocycles. The Hall–Kier alpha value is -1.06. The Morgan fingerprint density at radius 3 is 2.65 bits per heavy atom. The smallest absolute Gasteiger partial charge is 0.238 e. The van der Waals surface area contributed by atoms with Crippen molar-refractivity contribution < 1.29 is 4.79 Å². The number of benzene rings is 1. The highest BCUT2D eigenvalue weighted by atomic mass is 35.5. The van der Waals surface area contributed by atoms with Crippen LogP contribution in [0.3, 0.4) is 0 Å². The van der Waals surface area contributed by atoms with E-state index in [9.17, 15) is 4.79 Å². The summed E-state index contributed by atoms with van der Waals surface area (Å²) in [5.41, 5.74) is 0.899. The monoisotopic (exact) mass is 254 g/mol. The SMILES string of the molecule is CC(C)(C)CNCC(=O)Nc1cccc(Cl)c1. The van der Waals surface area contributed by atoms with Gasteiger partial charge in [-0.1, -0.05) is 38.4 Å². The number of hydrogen-bond acceptors (Lipinski definition) is 2. The second-order valence-corrected chi connectivity index (χ2v) is 5.66. The number of nitrogens with one attached hydrogen (secondary N) is 2.